The van der Waals surface area contributed by atoms with Gasteiger partial charge in [0.15, 0.2) is 5.78 Å². The first kappa shape index (κ1) is 22.3. The number of ether oxygens (including phenoxy) is 1. The monoisotopic (exact) mass is 446 g/mol. The molecule has 0 saturated carbocycles. The Labute approximate surface area is 181 Å². The van der Waals surface area contributed by atoms with Crippen molar-refractivity contribution in [3.8, 4) is 17.0 Å². The Bertz CT molecular complexity index is 1170. The van der Waals surface area contributed by atoms with Gasteiger partial charge in [0.25, 0.3) is 5.56 Å². The third kappa shape index (κ3) is 5.21. The molecule has 31 heavy (non-hydrogen) atoms. The van der Waals surface area contributed by atoms with Crippen LogP contribution in [0.2, 0.25) is 5.02 Å². The molecule has 0 aliphatic carbocycles. The lowest BCUT2D eigenvalue weighted by Crippen LogP contribution is -2.30. The van der Waals surface area contributed by atoms with Crippen molar-refractivity contribution in [2.24, 2.45) is 0 Å². The minimum Gasteiger partial charge on any atom is -0.415 e. The van der Waals surface area contributed by atoms with Crippen molar-refractivity contribution in [1.82, 2.24) is 9.78 Å². The molecule has 0 fully saturated rings. The van der Waals surface area contributed by atoms with Crippen molar-refractivity contribution in [1.29, 1.82) is 0 Å². The zero-order chi connectivity index (χ0) is 22.5. The van der Waals surface area contributed by atoms with Gasteiger partial charge in [-0.3, -0.25) is 9.59 Å². The van der Waals surface area contributed by atoms with Crippen molar-refractivity contribution in [3.05, 3.63) is 81.1 Å². The highest BCUT2D eigenvalue weighted by molar-refractivity contribution is 6.31. The van der Waals surface area contributed by atoms with Crippen LogP contribution in [0.3, 0.4) is 0 Å². The molecule has 1 unspecified atom stereocenters. The maximum Gasteiger partial charge on any atom is 0.388 e. The van der Waals surface area contributed by atoms with E-state index < -0.39 is 24.1 Å². The zero-order valence-corrected chi connectivity index (χ0v) is 17.1. The smallest absolute Gasteiger partial charge is 0.388 e. The van der Waals surface area contributed by atoms with Crippen LogP contribution in [0.15, 0.2) is 59.4 Å². The highest BCUT2D eigenvalue weighted by Gasteiger charge is 2.23. The summed E-state index contributed by atoms with van der Waals surface area (Å²) in [5, 5.41) is 4.13. The summed E-state index contributed by atoms with van der Waals surface area (Å²) in [5.41, 5.74) is 0.178. The minimum absolute atomic E-state index is 0.123. The van der Waals surface area contributed by atoms with Crippen LogP contribution in [0.5, 0.6) is 5.88 Å². The average molecular weight is 447 g/mol. The molecule has 0 aliphatic heterocycles. The summed E-state index contributed by atoms with van der Waals surface area (Å²) < 4.78 is 31.5. The van der Waals surface area contributed by atoms with E-state index in [1.807, 2.05) is 0 Å². The number of halogens is 3. The first-order chi connectivity index (χ1) is 14.8. The van der Waals surface area contributed by atoms with E-state index in [0.717, 1.165) is 16.3 Å². The number of Topliss-reactive ketones (excluding diaryl/α,β-unsaturated/α-hetero) is 1. The van der Waals surface area contributed by atoms with Crippen LogP contribution >= 0.6 is 11.6 Å². The number of alkyl halides is 2. The number of carbonyl (C=O) groups excluding carboxylic acids is 2. The molecule has 0 radical (unpaired) electrons. The van der Waals surface area contributed by atoms with Gasteiger partial charge in [-0.05, 0) is 36.2 Å². The molecular formula is C22H17ClF2N2O4. The number of rotatable bonds is 8. The SMILES string of the molecule is CC(=O)c1ccc(Cl)cc1-c1cc(=O)n(C(C=O)Cc2ccccc2)nc1OC(F)F. The van der Waals surface area contributed by atoms with Gasteiger partial charge in [0.05, 0.1) is 5.56 Å². The Balaban J connectivity index is 2.16. The fourth-order valence-corrected chi connectivity index (χ4v) is 3.32. The maximum atomic E-state index is 13.1. The standard InChI is InChI=1S/C22H17ClF2N2O4/c1-13(29)17-8-7-15(23)10-18(17)19-11-20(30)27(26-21(19)31-22(24)25)16(12-28)9-14-5-3-2-4-6-14/h2-8,10-12,16,22H,9H2,1H3. The number of nitrogens with zero attached hydrogens (tertiary/aromatic N) is 2. The average Bonchev–Trinajstić information content (AvgIpc) is 2.73. The molecule has 1 heterocycles. The number of hydrogen-bond donors (Lipinski definition) is 0. The van der Waals surface area contributed by atoms with Crippen LogP contribution in [0.1, 0.15) is 28.9 Å². The molecule has 0 spiro atoms. The summed E-state index contributed by atoms with van der Waals surface area (Å²) in [5.74, 6) is -0.965. The van der Waals surface area contributed by atoms with Crippen LogP contribution in [0.25, 0.3) is 11.1 Å². The Morgan fingerprint density at radius 2 is 1.87 bits per heavy atom. The summed E-state index contributed by atoms with van der Waals surface area (Å²) >= 11 is 6.01. The molecule has 9 heteroatoms. The van der Waals surface area contributed by atoms with Gasteiger partial charge in [-0.15, -0.1) is 5.10 Å². The lowest BCUT2D eigenvalue weighted by Gasteiger charge is -2.17. The first-order valence-electron chi connectivity index (χ1n) is 9.19. The third-order valence-corrected chi connectivity index (χ3v) is 4.77. The number of aldehydes is 1. The molecule has 2 aromatic carbocycles. The third-order valence-electron chi connectivity index (χ3n) is 4.53. The van der Waals surface area contributed by atoms with Crippen LogP contribution in [-0.2, 0) is 11.2 Å². The van der Waals surface area contributed by atoms with Crippen molar-refractivity contribution in [2.45, 2.75) is 26.0 Å². The molecule has 0 amide bonds. The summed E-state index contributed by atoms with van der Waals surface area (Å²) in [4.78, 5) is 36.5. The summed E-state index contributed by atoms with van der Waals surface area (Å²) in [6.45, 7) is -1.96. The van der Waals surface area contributed by atoms with Crippen LogP contribution in [0.4, 0.5) is 8.78 Å². The second kappa shape index (κ2) is 9.61. The predicted octanol–water partition coefficient (Wildman–Crippen LogP) is 4.35. The van der Waals surface area contributed by atoms with Crippen LogP contribution < -0.4 is 10.3 Å². The Morgan fingerprint density at radius 3 is 2.48 bits per heavy atom. The topological polar surface area (TPSA) is 78.3 Å². The van der Waals surface area contributed by atoms with Gasteiger partial charge in [0.1, 0.15) is 12.3 Å². The van der Waals surface area contributed by atoms with E-state index >= 15 is 0 Å². The van der Waals surface area contributed by atoms with Gasteiger partial charge in [-0.25, -0.2) is 4.68 Å². The second-order valence-electron chi connectivity index (χ2n) is 6.66. The summed E-state index contributed by atoms with van der Waals surface area (Å²) in [7, 11) is 0. The van der Waals surface area contributed by atoms with E-state index in [0.29, 0.717) is 6.29 Å². The molecule has 0 aliphatic rings. The number of aromatic nitrogens is 2. The molecule has 3 aromatic rings. The lowest BCUT2D eigenvalue weighted by atomic mass is 9.98. The summed E-state index contributed by atoms with van der Waals surface area (Å²) in [6, 6.07) is 13.1. The van der Waals surface area contributed by atoms with Gasteiger partial charge >= 0.3 is 6.61 Å². The van der Waals surface area contributed by atoms with Gasteiger partial charge in [0.2, 0.25) is 5.88 Å². The predicted molar refractivity (Wildman–Crippen MR) is 111 cm³/mol. The maximum absolute atomic E-state index is 13.1. The van der Waals surface area contributed by atoms with Crippen molar-refractivity contribution in [3.63, 3.8) is 0 Å². The number of benzene rings is 2. The minimum atomic E-state index is -3.25. The molecule has 1 aromatic heterocycles. The second-order valence-corrected chi connectivity index (χ2v) is 7.10. The van der Waals surface area contributed by atoms with E-state index in [9.17, 15) is 23.2 Å². The van der Waals surface area contributed by atoms with Crippen LogP contribution in [0, 0.1) is 0 Å². The quantitative estimate of drug-likeness (QED) is 0.379. The van der Waals surface area contributed by atoms with Crippen LogP contribution in [-0.4, -0.2) is 28.5 Å². The molecule has 6 nitrogen and oxygen atoms in total. The molecule has 1 atom stereocenters. The van der Waals surface area contributed by atoms with Gasteiger partial charge in [-0.1, -0.05) is 41.9 Å². The Morgan fingerprint density at radius 1 is 1.16 bits per heavy atom. The largest absolute Gasteiger partial charge is 0.415 e. The Kier molecular flexibility index (Phi) is 6.91. The normalized spacial score (nSPS) is 11.9. The number of hydrogen-bond acceptors (Lipinski definition) is 5. The Hall–Kier alpha value is -3.39. The van der Waals surface area contributed by atoms with E-state index in [2.05, 4.69) is 9.84 Å². The molecule has 0 bridgehead atoms. The van der Waals surface area contributed by atoms with Gasteiger partial charge < -0.3 is 9.53 Å². The lowest BCUT2D eigenvalue weighted by molar-refractivity contribution is -0.110. The molecule has 0 N–H and O–H groups in total. The zero-order valence-electron chi connectivity index (χ0n) is 16.3. The van der Waals surface area contributed by atoms with E-state index in [1.54, 1.807) is 30.3 Å². The van der Waals surface area contributed by atoms with Gasteiger partial charge in [-0.2, -0.15) is 8.78 Å². The fourth-order valence-electron chi connectivity index (χ4n) is 3.15. The number of ketones is 1. The summed E-state index contributed by atoms with van der Waals surface area (Å²) in [6.07, 6.45) is 0.633. The van der Waals surface area contributed by atoms with E-state index in [1.165, 1.54) is 25.1 Å². The van der Waals surface area contributed by atoms with Gasteiger partial charge in [0, 0.05) is 23.1 Å². The number of carbonyl (C=O) groups is 2. The van der Waals surface area contributed by atoms with E-state index in [-0.39, 0.29) is 33.9 Å². The van der Waals surface area contributed by atoms with Crippen molar-refractivity contribution < 1.29 is 23.1 Å². The highest BCUT2D eigenvalue weighted by atomic mass is 35.5. The molecule has 0 saturated heterocycles. The van der Waals surface area contributed by atoms with Crippen molar-refractivity contribution in [2.75, 3.05) is 0 Å². The molecule has 3 rings (SSSR count). The first-order valence-corrected chi connectivity index (χ1v) is 9.56. The fraction of sp³-hybridized carbons (Fsp3) is 0.182. The molecular weight excluding hydrogens is 430 g/mol. The van der Waals surface area contributed by atoms with Crippen molar-refractivity contribution >= 4 is 23.7 Å². The van der Waals surface area contributed by atoms with E-state index in [4.69, 9.17) is 11.6 Å². The highest BCUT2D eigenvalue weighted by Crippen LogP contribution is 2.33. The molecule has 160 valence electrons.